The number of nitrogens with two attached hydrogens (primary N) is 1. The summed E-state index contributed by atoms with van der Waals surface area (Å²) in [6, 6.07) is 1.82. The molecule has 33 heavy (non-hydrogen) atoms. The molecule has 0 aromatic rings. The molecule has 0 amide bonds. The lowest BCUT2D eigenvalue weighted by molar-refractivity contribution is 0.157. The molecular formula is C26H51N7. The number of guanidine groups is 2. The molecular weight excluding hydrogens is 410 g/mol. The van der Waals surface area contributed by atoms with Crippen molar-refractivity contribution in [3.63, 3.8) is 0 Å². The lowest BCUT2D eigenvalue weighted by Gasteiger charge is -2.36. The minimum atomic E-state index is 0.354. The number of likely N-dealkylation sites (tertiary alicyclic amines) is 1. The fourth-order valence-electron chi connectivity index (χ4n) is 6.03. The summed E-state index contributed by atoms with van der Waals surface area (Å²) in [4.78, 5) is 14.4. The first kappa shape index (κ1) is 26.1. The highest BCUT2D eigenvalue weighted by Gasteiger charge is 2.40. The number of nitrogens with zero attached hydrogens (tertiary/aromatic N) is 5. The van der Waals surface area contributed by atoms with Gasteiger partial charge < -0.3 is 20.4 Å². The van der Waals surface area contributed by atoms with Crippen LogP contribution in [0.5, 0.6) is 0 Å². The molecule has 0 aliphatic carbocycles. The summed E-state index contributed by atoms with van der Waals surface area (Å²) >= 11 is 0. The highest BCUT2D eigenvalue weighted by atomic mass is 15.5. The fraction of sp³-hybridized carbons (Fsp3) is 0.923. The van der Waals surface area contributed by atoms with Gasteiger partial charge in [-0.2, -0.15) is 0 Å². The molecule has 3 aliphatic heterocycles. The van der Waals surface area contributed by atoms with Crippen molar-refractivity contribution in [1.29, 1.82) is 5.41 Å². The predicted octanol–water partition coefficient (Wildman–Crippen LogP) is 3.65. The molecule has 3 heterocycles. The molecule has 0 bridgehead atoms. The summed E-state index contributed by atoms with van der Waals surface area (Å²) in [6.07, 6.45) is 7.17. The molecule has 0 aromatic heterocycles. The average molecular weight is 462 g/mol. The van der Waals surface area contributed by atoms with Gasteiger partial charge in [-0.05, 0) is 51.0 Å². The van der Waals surface area contributed by atoms with Gasteiger partial charge >= 0.3 is 0 Å². The lowest BCUT2D eigenvalue weighted by Crippen LogP contribution is -2.51. The number of rotatable bonds is 12. The Balaban J connectivity index is 1.62. The zero-order chi connectivity index (χ0) is 24.1. The van der Waals surface area contributed by atoms with E-state index in [9.17, 15) is 0 Å². The van der Waals surface area contributed by atoms with Crippen LogP contribution in [-0.2, 0) is 0 Å². The second-order valence-corrected chi connectivity index (χ2v) is 11.3. The highest BCUT2D eigenvalue weighted by molar-refractivity contribution is 5.80. The Morgan fingerprint density at radius 3 is 2.55 bits per heavy atom. The topological polar surface area (TPSA) is 75.2 Å². The smallest absolute Gasteiger partial charge is 0.194 e. The van der Waals surface area contributed by atoms with Crippen LogP contribution in [0.2, 0.25) is 0 Å². The highest BCUT2D eigenvalue weighted by Crippen LogP contribution is 2.28. The van der Waals surface area contributed by atoms with Crippen LogP contribution in [0.15, 0.2) is 4.99 Å². The lowest BCUT2D eigenvalue weighted by atomic mass is 9.98. The first-order chi connectivity index (χ1) is 15.8. The Morgan fingerprint density at radius 1 is 1.12 bits per heavy atom. The van der Waals surface area contributed by atoms with Crippen molar-refractivity contribution in [2.24, 2.45) is 22.6 Å². The van der Waals surface area contributed by atoms with Crippen molar-refractivity contribution in [3.8, 4) is 0 Å². The second-order valence-electron chi connectivity index (χ2n) is 11.3. The van der Waals surface area contributed by atoms with E-state index in [1.807, 2.05) is 0 Å². The average Bonchev–Trinajstić information content (AvgIpc) is 3.45. The molecule has 0 spiro atoms. The molecule has 3 rings (SSSR count). The van der Waals surface area contributed by atoms with E-state index in [-0.39, 0.29) is 0 Å². The standard InChI is InChI=1S/C26H51N7/c1-7-9-13-31-24(20(5)8-2)18-32(26(31)28)21(6)16-30-12-10-11-22(30)17-33-23(14-19(3)4)15-29-25(33)27/h19-24,28H,7-18H2,1-6H3,(H2,27,29)/t20-,21+,22+,23-,24+/m1/s1. The molecule has 0 aromatic carbocycles. The zero-order valence-electron chi connectivity index (χ0n) is 22.3. The Kier molecular flexibility index (Phi) is 9.31. The van der Waals surface area contributed by atoms with E-state index >= 15 is 0 Å². The van der Waals surface area contributed by atoms with Crippen LogP contribution in [0, 0.1) is 17.2 Å². The van der Waals surface area contributed by atoms with E-state index in [0.717, 1.165) is 57.6 Å². The van der Waals surface area contributed by atoms with Crippen LogP contribution in [0.4, 0.5) is 0 Å². The summed E-state index contributed by atoms with van der Waals surface area (Å²) in [5.74, 6) is 2.78. The third-order valence-electron chi connectivity index (χ3n) is 8.26. The third kappa shape index (κ3) is 6.14. The van der Waals surface area contributed by atoms with Crippen molar-refractivity contribution in [2.45, 2.75) is 104 Å². The minimum Gasteiger partial charge on any atom is -0.370 e. The molecule has 5 atom stereocenters. The predicted molar refractivity (Wildman–Crippen MR) is 140 cm³/mol. The molecule has 190 valence electrons. The molecule has 7 nitrogen and oxygen atoms in total. The first-order valence-electron chi connectivity index (χ1n) is 13.7. The van der Waals surface area contributed by atoms with E-state index in [2.05, 4.69) is 66.1 Å². The molecule has 3 N–H and O–H groups in total. The fourth-order valence-corrected chi connectivity index (χ4v) is 6.03. The van der Waals surface area contributed by atoms with Crippen molar-refractivity contribution in [3.05, 3.63) is 0 Å². The Bertz CT molecular complexity index is 663. The second kappa shape index (κ2) is 11.8. The van der Waals surface area contributed by atoms with E-state index in [4.69, 9.17) is 11.1 Å². The SMILES string of the molecule is CCCCN1C(=N)N([C@@H](C)CN2CCC[C@H]2CN2C(N)=NC[C@H]2CC(C)C)C[C@H]1[C@H](C)CC. The van der Waals surface area contributed by atoms with Crippen LogP contribution >= 0.6 is 0 Å². The number of unbranched alkanes of at least 4 members (excludes halogenated alkanes) is 1. The summed E-state index contributed by atoms with van der Waals surface area (Å²) in [5, 5.41) is 8.99. The maximum absolute atomic E-state index is 8.99. The largest absolute Gasteiger partial charge is 0.370 e. The van der Waals surface area contributed by atoms with Crippen LogP contribution in [0.3, 0.4) is 0 Å². The normalized spacial score (nSPS) is 28.3. The summed E-state index contributed by atoms with van der Waals surface area (Å²) in [5.41, 5.74) is 6.32. The first-order valence-corrected chi connectivity index (χ1v) is 13.7. The van der Waals surface area contributed by atoms with Gasteiger partial charge in [-0.3, -0.25) is 15.3 Å². The van der Waals surface area contributed by atoms with Gasteiger partial charge in [-0.25, -0.2) is 0 Å². The van der Waals surface area contributed by atoms with E-state index < -0.39 is 0 Å². The number of hydrogen-bond acceptors (Lipinski definition) is 5. The van der Waals surface area contributed by atoms with E-state index in [1.54, 1.807) is 0 Å². The molecule has 3 aliphatic rings. The molecule has 0 unspecified atom stereocenters. The number of aliphatic imine (C=N–C) groups is 1. The van der Waals surface area contributed by atoms with Crippen molar-refractivity contribution in [2.75, 3.05) is 39.3 Å². The summed E-state index contributed by atoms with van der Waals surface area (Å²) in [6.45, 7) is 19.8. The molecule has 2 fully saturated rings. The van der Waals surface area contributed by atoms with Gasteiger partial charge in [0.25, 0.3) is 0 Å². The van der Waals surface area contributed by atoms with Crippen LogP contribution in [0.25, 0.3) is 0 Å². The van der Waals surface area contributed by atoms with Gasteiger partial charge in [-0.1, -0.05) is 47.5 Å². The monoisotopic (exact) mass is 461 g/mol. The van der Waals surface area contributed by atoms with E-state index in [0.29, 0.717) is 36.0 Å². The number of hydrogen-bond donors (Lipinski definition) is 2. The van der Waals surface area contributed by atoms with Gasteiger partial charge in [0.2, 0.25) is 0 Å². The van der Waals surface area contributed by atoms with Crippen LogP contribution < -0.4 is 5.73 Å². The Hall–Kier alpha value is -1.50. The van der Waals surface area contributed by atoms with Gasteiger partial charge in [0.1, 0.15) is 0 Å². The van der Waals surface area contributed by atoms with Crippen LogP contribution in [0.1, 0.15) is 80.1 Å². The summed E-state index contributed by atoms with van der Waals surface area (Å²) in [7, 11) is 0. The molecule has 2 saturated heterocycles. The molecule has 0 saturated carbocycles. The maximum Gasteiger partial charge on any atom is 0.194 e. The van der Waals surface area contributed by atoms with Crippen molar-refractivity contribution >= 4 is 11.9 Å². The van der Waals surface area contributed by atoms with Gasteiger partial charge in [0, 0.05) is 38.3 Å². The zero-order valence-corrected chi connectivity index (χ0v) is 22.3. The molecule has 7 heteroatoms. The maximum atomic E-state index is 8.99. The van der Waals surface area contributed by atoms with Crippen molar-refractivity contribution in [1.82, 2.24) is 19.6 Å². The quantitative estimate of drug-likeness (QED) is 0.464. The number of nitrogens with one attached hydrogen (secondary N) is 1. The Labute approximate surface area is 203 Å². The third-order valence-corrected chi connectivity index (χ3v) is 8.26. The summed E-state index contributed by atoms with van der Waals surface area (Å²) < 4.78 is 0. The van der Waals surface area contributed by atoms with Crippen molar-refractivity contribution < 1.29 is 0 Å². The Morgan fingerprint density at radius 2 is 1.88 bits per heavy atom. The molecule has 0 radical (unpaired) electrons. The van der Waals surface area contributed by atoms with E-state index in [1.165, 1.54) is 32.1 Å². The van der Waals surface area contributed by atoms with Gasteiger partial charge in [0.15, 0.2) is 11.9 Å². The van der Waals surface area contributed by atoms with Gasteiger partial charge in [0.05, 0.1) is 18.6 Å². The van der Waals surface area contributed by atoms with Crippen LogP contribution in [-0.4, -0.2) is 95.0 Å². The minimum absolute atomic E-state index is 0.354. The van der Waals surface area contributed by atoms with Gasteiger partial charge in [-0.15, -0.1) is 0 Å².